The molecule has 0 amide bonds. The molecule has 9 heteroatoms. The van der Waals surface area contributed by atoms with Gasteiger partial charge in [0.15, 0.2) is 5.96 Å². The molecule has 1 heterocycles. The molecular weight excluding hydrogens is 364 g/mol. The second-order valence-corrected chi connectivity index (χ2v) is 6.05. The average Bonchev–Trinajstić information content (AvgIpc) is 3.01. The van der Waals surface area contributed by atoms with Gasteiger partial charge in [0.05, 0.1) is 6.20 Å². The molecule has 0 radical (unpaired) electrons. The largest absolute Gasteiger partial charge is 0.434 e. The van der Waals surface area contributed by atoms with Crippen LogP contribution in [0.15, 0.2) is 35.6 Å². The normalized spacial score (nSPS) is 11.7. The number of aromatic nitrogens is 2. The van der Waals surface area contributed by atoms with Crippen molar-refractivity contribution < 1.29 is 13.5 Å². The standard InChI is InChI=1S/C17H22ClF2N5O/c1-21-17(22-7-3-4-12-9-24-25(2)11-12)23-10-13-8-14(18)5-6-15(13)26-16(19)20/h5-6,8-9,11,16H,3-4,7,10H2,1-2H3,(H2,21,22,23). The van der Waals surface area contributed by atoms with Crippen LogP contribution in [-0.4, -0.2) is 35.9 Å². The van der Waals surface area contributed by atoms with E-state index in [4.69, 9.17) is 11.6 Å². The minimum absolute atomic E-state index is 0.0870. The SMILES string of the molecule is CN=C(NCCCc1cnn(C)c1)NCc1cc(Cl)ccc1OC(F)F. The molecule has 0 bridgehead atoms. The van der Waals surface area contributed by atoms with Gasteiger partial charge >= 0.3 is 6.61 Å². The first-order valence-corrected chi connectivity index (χ1v) is 8.51. The highest BCUT2D eigenvalue weighted by Gasteiger charge is 2.11. The number of rotatable bonds is 8. The van der Waals surface area contributed by atoms with Gasteiger partial charge in [-0.2, -0.15) is 13.9 Å². The van der Waals surface area contributed by atoms with Crippen molar-refractivity contribution in [3.8, 4) is 5.75 Å². The number of nitrogens with one attached hydrogen (secondary N) is 2. The van der Waals surface area contributed by atoms with Crippen molar-refractivity contribution in [3.63, 3.8) is 0 Å². The van der Waals surface area contributed by atoms with Crippen LogP contribution in [0.3, 0.4) is 0 Å². The predicted molar refractivity (Wildman–Crippen MR) is 97.8 cm³/mol. The van der Waals surface area contributed by atoms with E-state index in [1.54, 1.807) is 17.8 Å². The van der Waals surface area contributed by atoms with Gasteiger partial charge in [0.1, 0.15) is 5.75 Å². The fourth-order valence-corrected chi connectivity index (χ4v) is 2.59. The number of alkyl halides is 2. The Bertz CT molecular complexity index is 736. The molecule has 2 N–H and O–H groups in total. The van der Waals surface area contributed by atoms with Gasteiger partial charge in [0.2, 0.25) is 0 Å². The summed E-state index contributed by atoms with van der Waals surface area (Å²) in [6.07, 6.45) is 5.63. The number of halogens is 3. The number of benzene rings is 1. The Morgan fingerprint density at radius 2 is 2.19 bits per heavy atom. The Kier molecular flexibility index (Phi) is 7.65. The van der Waals surface area contributed by atoms with Crippen molar-refractivity contribution in [3.05, 3.63) is 46.7 Å². The highest BCUT2D eigenvalue weighted by molar-refractivity contribution is 6.30. The van der Waals surface area contributed by atoms with Crippen molar-refractivity contribution in [1.29, 1.82) is 0 Å². The molecule has 0 aliphatic rings. The summed E-state index contributed by atoms with van der Waals surface area (Å²) in [5, 5.41) is 10.8. The van der Waals surface area contributed by atoms with E-state index in [-0.39, 0.29) is 12.3 Å². The summed E-state index contributed by atoms with van der Waals surface area (Å²) in [5.74, 6) is 0.656. The fourth-order valence-electron chi connectivity index (χ4n) is 2.40. The molecule has 0 aliphatic carbocycles. The third-order valence-electron chi connectivity index (χ3n) is 3.60. The van der Waals surface area contributed by atoms with Crippen LogP contribution in [0.2, 0.25) is 5.02 Å². The van der Waals surface area contributed by atoms with E-state index in [0.29, 0.717) is 23.1 Å². The van der Waals surface area contributed by atoms with Crippen LogP contribution < -0.4 is 15.4 Å². The quantitative estimate of drug-likeness (QED) is 0.416. The molecule has 0 fully saturated rings. The zero-order valence-corrected chi connectivity index (χ0v) is 15.4. The van der Waals surface area contributed by atoms with Crippen LogP contribution >= 0.6 is 11.6 Å². The first-order chi connectivity index (χ1) is 12.5. The van der Waals surface area contributed by atoms with E-state index < -0.39 is 6.61 Å². The van der Waals surface area contributed by atoms with Crippen LogP contribution in [0, 0.1) is 0 Å². The van der Waals surface area contributed by atoms with E-state index in [0.717, 1.165) is 12.8 Å². The topological polar surface area (TPSA) is 63.5 Å². The molecule has 6 nitrogen and oxygen atoms in total. The first-order valence-electron chi connectivity index (χ1n) is 8.13. The molecule has 2 aromatic rings. The highest BCUT2D eigenvalue weighted by Crippen LogP contribution is 2.24. The van der Waals surface area contributed by atoms with Crippen molar-refractivity contribution >= 4 is 17.6 Å². The second kappa shape index (κ2) is 9.96. The monoisotopic (exact) mass is 385 g/mol. The van der Waals surface area contributed by atoms with E-state index in [1.165, 1.54) is 17.7 Å². The molecular formula is C17H22ClF2N5O. The lowest BCUT2D eigenvalue weighted by Gasteiger charge is -2.14. The Labute approximate surface area is 156 Å². The van der Waals surface area contributed by atoms with Crippen LogP contribution in [0.4, 0.5) is 8.78 Å². The van der Waals surface area contributed by atoms with Gasteiger partial charge in [-0.1, -0.05) is 11.6 Å². The third-order valence-corrected chi connectivity index (χ3v) is 3.84. The molecule has 2 rings (SSSR count). The first kappa shape index (κ1) is 20.0. The van der Waals surface area contributed by atoms with Crippen molar-refractivity contribution in [2.75, 3.05) is 13.6 Å². The molecule has 0 aliphatic heterocycles. The number of aliphatic imine (C=N–C) groups is 1. The second-order valence-electron chi connectivity index (χ2n) is 5.61. The van der Waals surface area contributed by atoms with Crippen molar-refractivity contribution in [2.45, 2.75) is 26.0 Å². The van der Waals surface area contributed by atoms with Crippen molar-refractivity contribution in [1.82, 2.24) is 20.4 Å². The minimum Gasteiger partial charge on any atom is -0.434 e. The van der Waals surface area contributed by atoms with Crippen LogP contribution in [0.5, 0.6) is 5.75 Å². The maximum atomic E-state index is 12.5. The van der Waals surface area contributed by atoms with Crippen molar-refractivity contribution in [2.24, 2.45) is 12.0 Å². The molecule has 0 saturated carbocycles. The Balaban J connectivity index is 1.82. The highest BCUT2D eigenvalue weighted by atomic mass is 35.5. The summed E-state index contributed by atoms with van der Waals surface area (Å²) in [4.78, 5) is 4.12. The van der Waals surface area contributed by atoms with Gasteiger partial charge in [-0.05, 0) is 36.6 Å². The van der Waals surface area contributed by atoms with Crippen LogP contribution in [0.1, 0.15) is 17.5 Å². The lowest BCUT2D eigenvalue weighted by molar-refractivity contribution is -0.0504. The van der Waals surface area contributed by atoms with Gasteiger partial charge in [0, 0.05) is 44.0 Å². The molecule has 0 spiro atoms. The van der Waals surface area contributed by atoms with Gasteiger partial charge < -0.3 is 15.4 Å². The molecule has 0 atom stereocenters. The summed E-state index contributed by atoms with van der Waals surface area (Å²) in [5.41, 5.74) is 1.70. The predicted octanol–water partition coefficient (Wildman–Crippen LogP) is 2.97. The summed E-state index contributed by atoms with van der Waals surface area (Å²) in [6.45, 7) is -1.92. The summed E-state index contributed by atoms with van der Waals surface area (Å²) < 4.78 is 31.3. The maximum absolute atomic E-state index is 12.5. The number of ether oxygens (including phenoxy) is 1. The number of nitrogens with zero attached hydrogens (tertiary/aromatic N) is 3. The molecule has 0 unspecified atom stereocenters. The van der Waals surface area contributed by atoms with E-state index in [2.05, 4.69) is 25.5 Å². The fraction of sp³-hybridized carbons (Fsp3) is 0.412. The van der Waals surface area contributed by atoms with Crippen LogP contribution in [0.25, 0.3) is 0 Å². The Hall–Kier alpha value is -2.35. The maximum Gasteiger partial charge on any atom is 0.387 e. The van der Waals surface area contributed by atoms with Gasteiger partial charge in [-0.25, -0.2) is 0 Å². The molecule has 26 heavy (non-hydrogen) atoms. The summed E-state index contributed by atoms with van der Waals surface area (Å²) in [6, 6.07) is 4.52. The zero-order chi connectivity index (χ0) is 18.9. The van der Waals surface area contributed by atoms with E-state index in [1.807, 2.05) is 19.4 Å². The number of hydrogen-bond donors (Lipinski definition) is 2. The molecule has 1 aromatic carbocycles. The number of guanidine groups is 1. The summed E-state index contributed by atoms with van der Waals surface area (Å²) in [7, 11) is 3.53. The molecule has 0 saturated heterocycles. The number of aryl methyl sites for hydroxylation is 2. The smallest absolute Gasteiger partial charge is 0.387 e. The van der Waals surface area contributed by atoms with Gasteiger partial charge in [0.25, 0.3) is 0 Å². The van der Waals surface area contributed by atoms with E-state index in [9.17, 15) is 8.78 Å². The number of hydrogen-bond acceptors (Lipinski definition) is 3. The van der Waals surface area contributed by atoms with Gasteiger partial charge in [-0.3, -0.25) is 9.67 Å². The minimum atomic E-state index is -2.89. The van der Waals surface area contributed by atoms with Gasteiger partial charge in [-0.15, -0.1) is 0 Å². The van der Waals surface area contributed by atoms with Crippen LogP contribution in [-0.2, 0) is 20.0 Å². The summed E-state index contributed by atoms with van der Waals surface area (Å²) >= 11 is 5.94. The third kappa shape index (κ3) is 6.51. The Morgan fingerprint density at radius 1 is 1.38 bits per heavy atom. The zero-order valence-electron chi connectivity index (χ0n) is 14.7. The Morgan fingerprint density at radius 3 is 2.85 bits per heavy atom. The lowest BCUT2D eigenvalue weighted by Crippen LogP contribution is -2.37. The molecule has 142 valence electrons. The van der Waals surface area contributed by atoms with E-state index >= 15 is 0 Å². The molecule has 1 aromatic heterocycles. The lowest BCUT2D eigenvalue weighted by atomic mass is 10.2. The average molecular weight is 386 g/mol.